The number of carbonyl (C=O) groups is 3. The molecule has 3 amide bonds. The Morgan fingerprint density at radius 1 is 1.19 bits per heavy atom. The van der Waals surface area contributed by atoms with Crippen LogP contribution in [0.25, 0.3) is 6.08 Å². The third-order valence-electron chi connectivity index (χ3n) is 4.09. The molecule has 1 aromatic heterocycles. The van der Waals surface area contributed by atoms with Crippen molar-refractivity contribution in [2.24, 2.45) is 7.05 Å². The summed E-state index contributed by atoms with van der Waals surface area (Å²) in [7, 11) is 1.41. The van der Waals surface area contributed by atoms with E-state index in [1.165, 1.54) is 49.5 Å². The molecular weight excluding hydrogens is 434 g/mol. The van der Waals surface area contributed by atoms with E-state index in [1.807, 2.05) is 0 Å². The van der Waals surface area contributed by atoms with Gasteiger partial charge >= 0.3 is 6.61 Å². The molecule has 1 aliphatic heterocycles. The Bertz CT molecular complexity index is 1100. The van der Waals surface area contributed by atoms with Crippen molar-refractivity contribution < 1.29 is 27.9 Å². The number of thioether (sulfide) groups is 1. The van der Waals surface area contributed by atoms with Crippen LogP contribution in [0.15, 0.2) is 46.1 Å². The highest BCUT2D eigenvalue weighted by molar-refractivity contribution is 8.18. The maximum Gasteiger partial charge on any atom is 0.387 e. The van der Waals surface area contributed by atoms with Gasteiger partial charge in [-0.1, -0.05) is 12.1 Å². The molecule has 1 aromatic carbocycles. The predicted octanol–water partition coefficient (Wildman–Crippen LogP) is 1.85. The van der Waals surface area contributed by atoms with Gasteiger partial charge in [0.1, 0.15) is 11.4 Å². The average molecular weight is 450 g/mol. The molecule has 9 nitrogen and oxygen atoms in total. The van der Waals surface area contributed by atoms with Gasteiger partial charge in [0.05, 0.1) is 4.91 Å². The zero-order valence-electron chi connectivity index (χ0n) is 16.1. The molecule has 1 aliphatic rings. The Morgan fingerprint density at radius 2 is 1.90 bits per heavy atom. The summed E-state index contributed by atoms with van der Waals surface area (Å²) < 4.78 is 29.7. The average Bonchev–Trinajstić information content (AvgIpc) is 2.98. The van der Waals surface area contributed by atoms with Gasteiger partial charge in [-0.2, -0.15) is 13.9 Å². The maximum atomic E-state index is 12.5. The highest BCUT2D eigenvalue weighted by atomic mass is 32.2. The second kappa shape index (κ2) is 9.51. The number of hydrogen-bond donors (Lipinski definition) is 1. The van der Waals surface area contributed by atoms with Crippen LogP contribution in [0.3, 0.4) is 0 Å². The molecule has 0 bridgehead atoms. The molecule has 31 heavy (non-hydrogen) atoms. The molecule has 1 N–H and O–H groups in total. The van der Waals surface area contributed by atoms with Crippen molar-refractivity contribution in [2.75, 3.05) is 13.1 Å². The lowest BCUT2D eigenvalue weighted by atomic mass is 10.2. The van der Waals surface area contributed by atoms with Crippen LogP contribution in [0.2, 0.25) is 0 Å². The molecule has 0 radical (unpaired) electrons. The summed E-state index contributed by atoms with van der Waals surface area (Å²) in [4.78, 5) is 49.2. The van der Waals surface area contributed by atoms with Crippen molar-refractivity contribution in [1.82, 2.24) is 20.0 Å². The topological polar surface area (TPSA) is 111 Å². The standard InChI is InChI=1S/C19H16F2N4O5S/c1-24-15(26)7-6-13(23-24)16(27)22-8-9-25-17(28)14(31-19(25)29)10-11-2-4-12(5-3-11)30-18(20)21/h2-7,10,18H,8-9H2,1H3,(H,22,27)/b14-10+. The summed E-state index contributed by atoms with van der Waals surface area (Å²) in [6.07, 6.45) is 1.46. The highest BCUT2D eigenvalue weighted by Crippen LogP contribution is 2.32. The first-order valence-corrected chi connectivity index (χ1v) is 9.69. The fourth-order valence-electron chi connectivity index (χ4n) is 2.58. The summed E-state index contributed by atoms with van der Waals surface area (Å²) in [5.74, 6) is -1.11. The van der Waals surface area contributed by atoms with E-state index in [9.17, 15) is 28.0 Å². The summed E-state index contributed by atoms with van der Waals surface area (Å²) in [5, 5.41) is 5.85. The Kier molecular flexibility index (Phi) is 6.80. The van der Waals surface area contributed by atoms with Gasteiger partial charge in [0.25, 0.3) is 22.6 Å². The van der Waals surface area contributed by atoms with Gasteiger partial charge in [-0.25, -0.2) is 4.68 Å². The van der Waals surface area contributed by atoms with Crippen molar-refractivity contribution in [3.63, 3.8) is 0 Å². The van der Waals surface area contributed by atoms with Gasteiger partial charge in [0.15, 0.2) is 0 Å². The Hall–Kier alpha value is -3.54. The minimum absolute atomic E-state index is 0.00562. The first kappa shape index (κ1) is 22.2. The van der Waals surface area contributed by atoms with E-state index in [0.29, 0.717) is 5.56 Å². The number of alkyl halides is 2. The highest BCUT2D eigenvalue weighted by Gasteiger charge is 2.34. The van der Waals surface area contributed by atoms with Crippen molar-refractivity contribution in [1.29, 1.82) is 0 Å². The molecule has 0 saturated carbocycles. The normalized spacial score (nSPS) is 15.1. The largest absolute Gasteiger partial charge is 0.435 e. The summed E-state index contributed by atoms with van der Waals surface area (Å²) in [6.45, 7) is -3.00. The first-order chi connectivity index (χ1) is 14.7. The van der Waals surface area contributed by atoms with E-state index < -0.39 is 23.7 Å². The van der Waals surface area contributed by atoms with Gasteiger partial charge in [-0.05, 0) is 41.6 Å². The monoisotopic (exact) mass is 450 g/mol. The maximum absolute atomic E-state index is 12.5. The van der Waals surface area contributed by atoms with E-state index in [2.05, 4.69) is 15.2 Å². The summed E-state index contributed by atoms with van der Waals surface area (Å²) >= 11 is 0.734. The fourth-order valence-corrected chi connectivity index (χ4v) is 3.45. The van der Waals surface area contributed by atoms with Crippen LogP contribution in [0.1, 0.15) is 16.1 Å². The van der Waals surface area contributed by atoms with Crippen molar-refractivity contribution in [3.8, 4) is 5.75 Å². The van der Waals surface area contributed by atoms with Crippen molar-refractivity contribution >= 4 is 34.9 Å². The molecule has 162 valence electrons. The quantitative estimate of drug-likeness (QED) is 0.641. The van der Waals surface area contributed by atoms with Gasteiger partial charge in [0, 0.05) is 26.2 Å². The fraction of sp³-hybridized carbons (Fsp3) is 0.211. The lowest BCUT2D eigenvalue weighted by Crippen LogP contribution is -2.38. The lowest BCUT2D eigenvalue weighted by Gasteiger charge is -2.12. The van der Waals surface area contributed by atoms with Crippen LogP contribution in [-0.4, -0.2) is 51.4 Å². The van der Waals surface area contributed by atoms with Crippen LogP contribution >= 0.6 is 11.8 Å². The number of benzene rings is 1. The SMILES string of the molecule is Cn1nc(C(=O)NCCN2C(=O)S/C(=C/c3ccc(OC(F)F)cc3)C2=O)ccc1=O. The third kappa shape index (κ3) is 5.54. The molecule has 1 saturated heterocycles. The molecular formula is C19H16F2N4O5S. The molecule has 3 rings (SSSR count). The Morgan fingerprint density at radius 3 is 2.55 bits per heavy atom. The molecule has 2 heterocycles. The smallest absolute Gasteiger partial charge is 0.387 e. The number of aromatic nitrogens is 2. The van der Waals surface area contributed by atoms with E-state index in [4.69, 9.17) is 0 Å². The molecule has 12 heteroatoms. The number of amides is 3. The predicted molar refractivity (Wildman–Crippen MR) is 108 cm³/mol. The number of nitrogens with zero attached hydrogens (tertiary/aromatic N) is 3. The number of nitrogens with one attached hydrogen (secondary N) is 1. The second-order valence-electron chi connectivity index (χ2n) is 6.22. The number of imide groups is 1. The zero-order chi connectivity index (χ0) is 22.5. The number of halogens is 2. The Balaban J connectivity index is 1.58. The molecule has 0 atom stereocenters. The first-order valence-electron chi connectivity index (χ1n) is 8.87. The molecule has 0 aliphatic carbocycles. The van der Waals surface area contributed by atoms with Crippen LogP contribution in [-0.2, 0) is 11.8 Å². The van der Waals surface area contributed by atoms with Crippen LogP contribution in [0.4, 0.5) is 13.6 Å². The molecule has 0 spiro atoms. The number of ether oxygens (including phenoxy) is 1. The summed E-state index contributed by atoms with van der Waals surface area (Å²) in [5.41, 5.74) is 0.189. The van der Waals surface area contributed by atoms with E-state index in [-0.39, 0.29) is 35.0 Å². The number of rotatable bonds is 7. The summed E-state index contributed by atoms with van der Waals surface area (Å²) in [6, 6.07) is 8.09. The number of aryl methyl sites for hydroxylation is 1. The van der Waals surface area contributed by atoms with Gasteiger partial charge in [-0.3, -0.25) is 24.1 Å². The van der Waals surface area contributed by atoms with Crippen molar-refractivity contribution in [3.05, 3.63) is 62.9 Å². The van der Waals surface area contributed by atoms with Gasteiger partial charge in [-0.15, -0.1) is 0 Å². The van der Waals surface area contributed by atoms with E-state index in [0.717, 1.165) is 21.3 Å². The minimum atomic E-state index is -2.94. The third-order valence-corrected chi connectivity index (χ3v) is 5.00. The molecule has 2 aromatic rings. The second-order valence-corrected chi connectivity index (χ2v) is 7.21. The van der Waals surface area contributed by atoms with E-state index >= 15 is 0 Å². The molecule has 1 fully saturated rings. The molecule has 0 unspecified atom stereocenters. The van der Waals surface area contributed by atoms with Crippen LogP contribution < -0.4 is 15.6 Å². The van der Waals surface area contributed by atoms with Gasteiger partial charge in [0.2, 0.25) is 0 Å². The van der Waals surface area contributed by atoms with E-state index in [1.54, 1.807) is 0 Å². The van der Waals surface area contributed by atoms with Crippen molar-refractivity contribution in [2.45, 2.75) is 6.61 Å². The lowest BCUT2D eigenvalue weighted by molar-refractivity contribution is -0.122. The number of carbonyl (C=O) groups excluding carboxylic acids is 3. The zero-order valence-corrected chi connectivity index (χ0v) is 16.9. The Labute approximate surface area is 178 Å². The van der Waals surface area contributed by atoms with Crippen LogP contribution in [0, 0.1) is 0 Å². The minimum Gasteiger partial charge on any atom is -0.435 e. The van der Waals surface area contributed by atoms with Gasteiger partial charge < -0.3 is 10.1 Å². The van der Waals surface area contributed by atoms with Crippen LogP contribution in [0.5, 0.6) is 5.75 Å². The number of hydrogen-bond acceptors (Lipinski definition) is 7.